The van der Waals surface area contributed by atoms with Crippen LogP contribution < -0.4 is 15.0 Å². The number of carbonyl (C=O) groups is 2. The molecule has 0 aliphatic carbocycles. The molecule has 1 aliphatic heterocycles. The van der Waals surface area contributed by atoms with Gasteiger partial charge in [0.15, 0.2) is 0 Å². The molecule has 2 heterocycles. The summed E-state index contributed by atoms with van der Waals surface area (Å²) in [6.45, 7) is 2.79. The van der Waals surface area contributed by atoms with E-state index in [2.05, 4.69) is 15.5 Å². The van der Waals surface area contributed by atoms with Gasteiger partial charge >= 0.3 is 0 Å². The fourth-order valence-electron chi connectivity index (χ4n) is 2.50. The van der Waals surface area contributed by atoms with Crippen molar-refractivity contribution in [1.82, 2.24) is 15.5 Å². The zero-order valence-corrected chi connectivity index (χ0v) is 15.1. The Hall–Kier alpha value is -2.19. The van der Waals surface area contributed by atoms with Gasteiger partial charge < -0.3 is 10.1 Å². The predicted molar refractivity (Wildman–Crippen MR) is 95.1 cm³/mol. The zero-order valence-electron chi connectivity index (χ0n) is 13.6. The van der Waals surface area contributed by atoms with Gasteiger partial charge in [-0.05, 0) is 19.1 Å². The third-order valence-corrected chi connectivity index (χ3v) is 4.91. The Labute approximate surface area is 153 Å². The topological polar surface area (TPSA) is 84.4 Å². The van der Waals surface area contributed by atoms with Crippen molar-refractivity contribution >= 4 is 39.9 Å². The first-order valence-electron chi connectivity index (χ1n) is 7.80. The number of hydrogen-bond donors (Lipinski definition) is 1. The van der Waals surface area contributed by atoms with Crippen molar-refractivity contribution in [2.24, 2.45) is 5.92 Å². The highest BCUT2D eigenvalue weighted by Crippen LogP contribution is 2.27. The maximum atomic E-state index is 12.2. The van der Waals surface area contributed by atoms with E-state index >= 15 is 0 Å². The number of halogens is 1. The normalized spacial score (nSPS) is 17.0. The number of benzene rings is 1. The maximum absolute atomic E-state index is 12.2. The average molecular weight is 381 g/mol. The van der Waals surface area contributed by atoms with Gasteiger partial charge in [0.1, 0.15) is 17.4 Å². The molecule has 0 radical (unpaired) electrons. The monoisotopic (exact) mass is 380 g/mol. The number of anilines is 1. The van der Waals surface area contributed by atoms with E-state index in [0.717, 1.165) is 5.01 Å². The lowest BCUT2D eigenvalue weighted by molar-refractivity contribution is -0.126. The third-order valence-electron chi connectivity index (χ3n) is 3.74. The number of carbonyl (C=O) groups excluding carboxylic acids is 2. The second-order valence-electron chi connectivity index (χ2n) is 5.58. The Balaban J connectivity index is 1.46. The molecular formula is C16H17ClN4O3S. The van der Waals surface area contributed by atoms with E-state index in [1.54, 1.807) is 12.1 Å². The maximum Gasteiger partial charge on any atom is 0.229 e. The van der Waals surface area contributed by atoms with Crippen molar-refractivity contribution in [2.75, 3.05) is 24.6 Å². The fourth-order valence-corrected chi connectivity index (χ4v) is 3.41. The SMILES string of the molecule is Cc1nnc(N2CC(C(=O)NCCOc3ccccc3Cl)CC2=O)s1. The molecule has 2 amide bonds. The van der Waals surface area contributed by atoms with Crippen LogP contribution in [0.15, 0.2) is 24.3 Å². The van der Waals surface area contributed by atoms with E-state index in [0.29, 0.717) is 35.6 Å². The molecule has 1 N–H and O–H groups in total. The molecule has 0 bridgehead atoms. The number of hydrogen-bond acceptors (Lipinski definition) is 6. The van der Waals surface area contributed by atoms with Crippen LogP contribution in [0.1, 0.15) is 11.4 Å². The second-order valence-corrected chi connectivity index (χ2v) is 7.15. The first kappa shape index (κ1) is 17.6. The first-order valence-corrected chi connectivity index (χ1v) is 8.99. The Morgan fingerprint density at radius 1 is 1.44 bits per heavy atom. The van der Waals surface area contributed by atoms with Crippen LogP contribution in [0.4, 0.5) is 5.13 Å². The van der Waals surface area contributed by atoms with Gasteiger partial charge in [-0.25, -0.2) is 0 Å². The predicted octanol–water partition coefficient (Wildman–Crippen LogP) is 2.05. The molecule has 9 heteroatoms. The number of amides is 2. The Bertz CT molecular complexity index is 782. The molecule has 1 aliphatic rings. The second kappa shape index (κ2) is 7.79. The van der Waals surface area contributed by atoms with Gasteiger partial charge in [0, 0.05) is 13.0 Å². The van der Waals surface area contributed by atoms with E-state index in [-0.39, 0.29) is 18.2 Å². The molecule has 0 spiro atoms. The molecule has 0 saturated carbocycles. The molecule has 1 aromatic heterocycles. The summed E-state index contributed by atoms with van der Waals surface area (Å²) in [5.74, 6) is -0.0900. The van der Waals surface area contributed by atoms with Crippen LogP contribution in [-0.4, -0.2) is 41.7 Å². The average Bonchev–Trinajstić information content (AvgIpc) is 3.18. The summed E-state index contributed by atoms with van der Waals surface area (Å²) in [6, 6.07) is 7.15. The highest BCUT2D eigenvalue weighted by Gasteiger charge is 2.36. The Kier molecular flexibility index (Phi) is 5.50. The molecular weight excluding hydrogens is 364 g/mol. The zero-order chi connectivity index (χ0) is 17.8. The minimum absolute atomic E-state index is 0.108. The van der Waals surface area contributed by atoms with Gasteiger partial charge in [-0.1, -0.05) is 35.1 Å². The minimum atomic E-state index is -0.392. The van der Waals surface area contributed by atoms with Crippen LogP contribution in [0.2, 0.25) is 5.02 Å². The van der Waals surface area contributed by atoms with Crippen molar-refractivity contribution in [3.05, 3.63) is 34.3 Å². The fraction of sp³-hybridized carbons (Fsp3) is 0.375. The largest absolute Gasteiger partial charge is 0.490 e. The van der Waals surface area contributed by atoms with Crippen LogP contribution in [0, 0.1) is 12.8 Å². The molecule has 1 saturated heterocycles. The van der Waals surface area contributed by atoms with Gasteiger partial charge in [-0.15, -0.1) is 10.2 Å². The summed E-state index contributed by atoms with van der Waals surface area (Å²) in [6.07, 6.45) is 0.176. The van der Waals surface area contributed by atoms with Gasteiger partial charge in [0.25, 0.3) is 0 Å². The molecule has 1 atom stereocenters. The number of aromatic nitrogens is 2. The highest BCUT2D eigenvalue weighted by atomic mass is 35.5. The molecule has 1 aromatic carbocycles. The summed E-state index contributed by atoms with van der Waals surface area (Å²) < 4.78 is 5.52. The van der Waals surface area contributed by atoms with Crippen LogP contribution in [0.5, 0.6) is 5.75 Å². The highest BCUT2D eigenvalue weighted by molar-refractivity contribution is 7.15. The molecule has 3 rings (SSSR count). The van der Waals surface area contributed by atoms with Crippen molar-refractivity contribution < 1.29 is 14.3 Å². The summed E-state index contributed by atoms with van der Waals surface area (Å²) >= 11 is 7.34. The summed E-state index contributed by atoms with van der Waals surface area (Å²) in [5, 5.41) is 12.5. The quantitative estimate of drug-likeness (QED) is 0.775. The Morgan fingerprint density at radius 2 is 2.24 bits per heavy atom. The van der Waals surface area contributed by atoms with Crippen molar-refractivity contribution in [3.8, 4) is 5.75 Å². The lowest BCUT2D eigenvalue weighted by Crippen LogP contribution is -2.35. The van der Waals surface area contributed by atoms with Crippen LogP contribution >= 0.6 is 22.9 Å². The van der Waals surface area contributed by atoms with E-state index in [1.807, 2.05) is 19.1 Å². The van der Waals surface area contributed by atoms with Crippen LogP contribution in [-0.2, 0) is 9.59 Å². The smallest absolute Gasteiger partial charge is 0.229 e. The number of rotatable bonds is 6. The lowest BCUT2D eigenvalue weighted by atomic mass is 10.1. The van der Waals surface area contributed by atoms with Crippen LogP contribution in [0.25, 0.3) is 0 Å². The van der Waals surface area contributed by atoms with Crippen molar-refractivity contribution in [1.29, 1.82) is 0 Å². The molecule has 1 fully saturated rings. The third kappa shape index (κ3) is 4.26. The molecule has 25 heavy (non-hydrogen) atoms. The molecule has 1 unspecified atom stereocenters. The number of aryl methyl sites for hydroxylation is 1. The van der Waals surface area contributed by atoms with Gasteiger partial charge in [-0.2, -0.15) is 0 Å². The number of nitrogens with one attached hydrogen (secondary N) is 1. The summed E-state index contributed by atoms with van der Waals surface area (Å²) in [7, 11) is 0. The van der Waals surface area contributed by atoms with E-state index in [4.69, 9.17) is 16.3 Å². The van der Waals surface area contributed by atoms with Gasteiger partial charge in [0.05, 0.1) is 17.5 Å². The van der Waals surface area contributed by atoms with Crippen LogP contribution in [0.3, 0.4) is 0 Å². The first-order chi connectivity index (χ1) is 12.0. The number of ether oxygens (including phenoxy) is 1. The van der Waals surface area contributed by atoms with Crippen molar-refractivity contribution in [2.45, 2.75) is 13.3 Å². The Morgan fingerprint density at radius 3 is 2.96 bits per heavy atom. The summed E-state index contributed by atoms with van der Waals surface area (Å²) in [5.41, 5.74) is 0. The van der Waals surface area contributed by atoms with Crippen molar-refractivity contribution in [3.63, 3.8) is 0 Å². The lowest BCUT2D eigenvalue weighted by Gasteiger charge is -2.13. The van der Waals surface area contributed by atoms with Gasteiger partial charge in [-0.3, -0.25) is 14.5 Å². The van der Waals surface area contributed by atoms with E-state index in [9.17, 15) is 9.59 Å². The molecule has 132 valence electrons. The standard InChI is InChI=1S/C16H17ClN4O3S/c1-10-19-20-16(25-10)21-9-11(8-14(21)22)15(23)18-6-7-24-13-5-3-2-4-12(13)17/h2-5,11H,6-9H2,1H3,(H,18,23). The number of para-hydroxylation sites is 1. The molecule has 2 aromatic rings. The minimum Gasteiger partial charge on any atom is -0.490 e. The van der Waals surface area contributed by atoms with E-state index in [1.165, 1.54) is 16.2 Å². The molecule has 7 nitrogen and oxygen atoms in total. The van der Waals surface area contributed by atoms with Gasteiger partial charge in [0.2, 0.25) is 16.9 Å². The number of nitrogens with zero attached hydrogens (tertiary/aromatic N) is 3. The summed E-state index contributed by atoms with van der Waals surface area (Å²) in [4.78, 5) is 25.9. The van der Waals surface area contributed by atoms with E-state index < -0.39 is 5.92 Å².